The van der Waals surface area contributed by atoms with Crippen LogP contribution in [0, 0.1) is 0 Å². The summed E-state index contributed by atoms with van der Waals surface area (Å²) in [5, 5.41) is 2.75. The van der Waals surface area contributed by atoms with Crippen LogP contribution in [0.3, 0.4) is 0 Å². The van der Waals surface area contributed by atoms with Crippen LogP contribution in [0.25, 0.3) is 0 Å². The van der Waals surface area contributed by atoms with Gasteiger partial charge in [0, 0.05) is 0 Å². The molecule has 1 amide bonds. The summed E-state index contributed by atoms with van der Waals surface area (Å²) in [5.74, 6) is -0.893. The van der Waals surface area contributed by atoms with Gasteiger partial charge in [-0.05, 0) is 41.8 Å². The third kappa shape index (κ3) is 5.95. The molecule has 2 aromatic carbocycles. The number of carbonyl (C=O) groups is 2. The van der Waals surface area contributed by atoms with Crippen molar-refractivity contribution >= 4 is 44.9 Å². The molecule has 0 atom stereocenters. The molecule has 0 bridgehead atoms. The van der Waals surface area contributed by atoms with Crippen molar-refractivity contribution in [3.8, 4) is 0 Å². The monoisotopic (exact) mass is 438 g/mol. The zero-order valence-corrected chi connectivity index (χ0v) is 18.2. The molecule has 2 aromatic rings. The summed E-state index contributed by atoms with van der Waals surface area (Å²) < 4.78 is 30.1. The Hall–Kier alpha value is -2.58. The molecular weight excluding hydrogens is 416 g/mol. The lowest BCUT2D eigenvalue weighted by Crippen LogP contribution is -2.37. The van der Waals surface area contributed by atoms with Crippen molar-refractivity contribution in [3.05, 3.63) is 58.6 Å². The summed E-state index contributed by atoms with van der Waals surface area (Å²) >= 11 is 6.08. The molecule has 1 N–H and O–H groups in total. The van der Waals surface area contributed by atoms with E-state index in [1.807, 2.05) is 26.0 Å². The molecule has 2 rings (SSSR count). The summed E-state index contributed by atoms with van der Waals surface area (Å²) in [6.45, 7) is 3.62. The molecule has 29 heavy (non-hydrogen) atoms. The van der Waals surface area contributed by atoms with E-state index in [2.05, 4.69) is 10.1 Å². The molecular formula is C20H23ClN2O5S. The summed E-state index contributed by atoms with van der Waals surface area (Å²) in [6, 6.07) is 11.3. The number of halogens is 1. The van der Waals surface area contributed by atoms with Crippen LogP contribution in [-0.2, 0) is 19.6 Å². The molecule has 0 heterocycles. The molecule has 0 radical (unpaired) electrons. The van der Waals surface area contributed by atoms with E-state index in [9.17, 15) is 18.0 Å². The number of nitrogens with one attached hydrogen (secondary N) is 1. The Morgan fingerprint density at radius 3 is 2.28 bits per heavy atom. The summed E-state index contributed by atoms with van der Waals surface area (Å²) in [4.78, 5) is 24.2. The Labute approximate surface area is 175 Å². The van der Waals surface area contributed by atoms with Gasteiger partial charge in [0.25, 0.3) is 0 Å². The van der Waals surface area contributed by atoms with Crippen molar-refractivity contribution in [1.82, 2.24) is 0 Å². The normalized spacial score (nSPS) is 11.2. The number of amides is 1. The Balaban J connectivity index is 2.24. The van der Waals surface area contributed by atoms with E-state index in [0.717, 1.165) is 16.1 Å². The van der Waals surface area contributed by atoms with Crippen molar-refractivity contribution < 1.29 is 22.7 Å². The van der Waals surface area contributed by atoms with E-state index >= 15 is 0 Å². The van der Waals surface area contributed by atoms with Crippen LogP contribution in [0.5, 0.6) is 0 Å². The molecule has 0 aliphatic rings. The molecule has 7 nitrogen and oxygen atoms in total. The van der Waals surface area contributed by atoms with Crippen LogP contribution in [0.2, 0.25) is 5.02 Å². The fourth-order valence-corrected chi connectivity index (χ4v) is 3.63. The molecule has 0 aliphatic carbocycles. The third-order valence-electron chi connectivity index (χ3n) is 4.20. The van der Waals surface area contributed by atoms with Gasteiger partial charge in [-0.25, -0.2) is 13.2 Å². The molecule has 0 spiro atoms. The van der Waals surface area contributed by atoms with Crippen molar-refractivity contribution in [2.45, 2.75) is 19.8 Å². The summed E-state index contributed by atoms with van der Waals surface area (Å²) in [5.41, 5.74) is 1.82. The van der Waals surface area contributed by atoms with Gasteiger partial charge in [-0.1, -0.05) is 37.6 Å². The number of carbonyl (C=O) groups excluding carboxylic acids is 2. The van der Waals surface area contributed by atoms with Gasteiger partial charge in [0.2, 0.25) is 15.9 Å². The highest BCUT2D eigenvalue weighted by atomic mass is 35.5. The molecule has 0 saturated heterocycles. The van der Waals surface area contributed by atoms with Gasteiger partial charge >= 0.3 is 5.97 Å². The number of anilines is 2. The topological polar surface area (TPSA) is 92.8 Å². The Bertz CT molecular complexity index is 1000. The molecule has 0 saturated carbocycles. The van der Waals surface area contributed by atoms with Crippen molar-refractivity contribution in [2.24, 2.45) is 0 Å². The third-order valence-corrected chi connectivity index (χ3v) is 5.67. The largest absolute Gasteiger partial charge is 0.465 e. The minimum absolute atomic E-state index is 0.183. The van der Waals surface area contributed by atoms with Gasteiger partial charge in [-0.15, -0.1) is 0 Å². The molecule has 156 valence electrons. The Kier molecular flexibility index (Phi) is 7.26. The van der Waals surface area contributed by atoms with Crippen molar-refractivity contribution in [2.75, 3.05) is 29.5 Å². The van der Waals surface area contributed by atoms with E-state index < -0.39 is 28.4 Å². The number of ether oxygens (including phenoxy) is 1. The molecule has 9 heteroatoms. The van der Waals surface area contributed by atoms with Gasteiger partial charge in [0.1, 0.15) is 6.54 Å². The minimum atomic E-state index is -3.71. The number of nitrogens with zero attached hydrogens (tertiary/aromatic N) is 1. The number of sulfonamides is 1. The first-order valence-electron chi connectivity index (χ1n) is 8.78. The smallest absolute Gasteiger partial charge is 0.337 e. The van der Waals surface area contributed by atoms with Gasteiger partial charge in [0.05, 0.1) is 35.3 Å². The maximum Gasteiger partial charge on any atom is 0.337 e. The predicted octanol–water partition coefficient (Wildman–Crippen LogP) is 3.65. The van der Waals surface area contributed by atoms with Crippen LogP contribution >= 0.6 is 11.6 Å². The predicted molar refractivity (Wildman–Crippen MR) is 114 cm³/mol. The van der Waals surface area contributed by atoms with Crippen LogP contribution in [0.1, 0.15) is 35.7 Å². The van der Waals surface area contributed by atoms with E-state index in [-0.39, 0.29) is 16.3 Å². The van der Waals surface area contributed by atoms with Gasteiger partial charge < -0.3 is 10.1 Å². The zero-order valence-electron chi connectivity index (χ0n) is 16.6. The standard InChI is InChI=1S/C20H23ClN2O5S/c1-13(2)14-5-8-16(9-6-14)23(29(4,26)27)12-19(24)22-18-11-15(20(25)28-3)7-10-17(18)21/h5-11,13H,12H2,1-4H3,(H,22,24). The van der Waals surface area contributed by atoms with Crippen LogP contribution in [-0.4, -0.2) is 40.2 Å². The number of rotatable bonds is 7. The van der Waals surface area contributed by atoms with E-state index in [4.69, 9.17) is 11.6 Å². The van der Waals surface area contributed by atoms with Crippen LogP contribution < -0.4 is 9.62 Å². The fourth-order valence-electron chi connectivity index (χ4n) is 2.61. The fraction of sp³-hybridized carbons (Fsp3) is 0.300. The summed E-state index contributed by atoms with van der Waals surface area (Å²) in [7, 11) is -2.47. The molecule has 0 unspecified atom stereocenters. The van der Waals surface area contributed by atoms with Crippen LogP contribution in [0.15, 0.2) is 42.5 Å². The van der Waals surface area contributed by atoms with E-state index in [1.165, 1.54) is 25.3 Å². The number of esters is 1. The molecule has 0 fully saturated rings. The average Bonchev–Trinajstić information content (AvgIpc) is 2.66. The second kappa shape index (κ2) is 9.28. The number of methoxy groups -OCH3 is 1. The van der Waals surface area contributed by atoms with Gasteiger partial charge in [-0.3, -0.25) is 9.10 Å². The van der Waals surface area contributed by atoms with E-state index in [0.29, 0.717) is 11.6 Å². The highest BCUT2D eigenvalue weighted by Crippen LogP contribution is 2.25. The first-order chi connectivity index (χ1) is 13.5. The molecule has 0 aromatic heterocycles. The Morgan fingerprint density at radius 1 is 1.14 bits per heavy atom. The minimum Gasteiger partial charge on any atom is -0.465 e. The Morgan fingerprint density at radius 2 is 1.76 bits per heavy atom. The maximum absolute atomic E-state index is 12.5. The number of hydrogen-bond donors (Lipinski definition) is 1. The second-order valence-corrected chi connectivity index (χ2v) is 9.06. The van der Waals surface area contributed by atoms with Crippen molar-refractivity contribution in [3.63, 3.8) is 0 Å². The van der Waals surface area contributed by atoms with Crippen molar-refractivity contribution in [1.29, 1.82) is 0 Å². The molecule has 0 aliphatic heterocycles. The quantitative estimate of drug-likeness (QED) is 0.666. The summed E-state index contributed by atoms with van der Waals surface area (Å²) in [6.07, 6.45) is 1.03. The van der Waals surface area contributed by atoms with Gasteiger partial charge in [0.15, 0.2) is 0 Å². The lowest BCUT2D eigenvalue weighted by molar-refractivity contribution is -0.114. The lowest BCUT2D eigenvalue weighted by atomic mass is 10.0. The maximum atomic E-state index is 12.5. The SMILES string of the molecule is COC(=O)c1ccc(Cl)c(NC(=O)CN(c2ccc(C(C)C)cc2)S(C)(=O)=O)c1. The zero-order chi connectivity index (χ0) is 21.8. The first-order valence-corrected chi connectivity index (χ1v) is 11.0. The van der Waals surface area contributed by atoms with Crippen LogP contribution in [0.4, 0.5) is 11.4 Å². The number of benzene rings is 2. The van der Waals surface area contributed by atoms with E-state index in [1.54, 1.807) is 12.1 Å². The highest BCUT2D eigenvalue weighted by molar-refractivity contribution is 7.92. The van der Waals surface area contributed by atoms with Gasteiger partial charge in [-0.2, -0.15) is 0 Å². The number of hydrogen-bond acceptors (Lipinski definition) is 5. The highest BCUT2D eigenvalue weighted by Gasteiger charge is 2.22. The first kappa shape index (κ1) is 22.7. The lowest BCUT2D eigenvalue weighted by Gasteiger charge is -2.22. The average molecular weight is 439 g/mol. The second-order valence-electron chi connectivity index (χ2n) is 6.75.